The highest BCUT2D eigenvalue weighted by Gasteiger charge is 2.45. The molecule has 2 atom stereocenters. The number of fused-ring (bicyclic) bond motifs is 3. The predicted octanol–water partition coefficient (Wildman–Crippen LogP) is 5.37. The summed E-state index contributed by atoms with van der Waals surface area (Å²) >= 11 is 0. The molecule has 3 heterocycles. The van der Waals surface area contributed by atoms with Crippen LogP contribution in [0.4, 0.5) is 4.39 Å². The number of benzene rings is 2. The number of hydrogen-bond acceptors (Lipinski definition) is 2. The Kier molecular flexibility index (Phi) is 5.12. The van der Waals surface area contributed by atoms with E-state index in [1.165, 1.54) is 18.6 Å². The number of likely N-dealkylation sites (tertiary alicyclic amines) is 1. The molecule has 3 aromatic rings. The first-order valence-electron chi connectivity index (χ1n) is 11.3. The quantitative estimate of drug-likeness (QED) is 0.560. The molecule has 160 valence electrons. The predicted molar refractivity (Wildman–Crippen MR) is 119 cm³/mol. The summed E-state index contributed by atoms with van der Waals surface area (Å²) in [7, 11) is 0. The zero-order valence-electron chi connectivity index (χ0n) is 17.9. The van der Waals surface area contributed by atoms with Gasteiger partial charge >= 0.3 is 0 Å². The van der Waals surface area contributed by atoms with Crippen molar-refractivity contribution in [1.82, 2.24) is 14.5 Å². The van der Waals surface area contributed by atoms with Crippen molar-refractivity contribution in [2.75, 3.05) is 6.54 Å². The molecular formula is C26H28FN3O. The highest BCUT2D eigenvalue weighted by atomic mass is 19.1. The minimum atomic E-state index is -0.566. The fraction of sp³-hybridized carbons (Fsp3) is 0.385. The largest absolute Gasteiger partial charge is 0.340 e. The van der Waals surface area contributed by atoms with Gasteiger partial charge in [0.15, 0.2) is 0 Å². The minimum Gasteiger partial charge on any atom is -0.340 e. The molecule has 0 saturated carbocycles. The molecule has 1 saturated heterocycles. The molecule has 2 unspecified atom stereocenters. The lowest BCUT2D eigenvalue weighted by Gasteiger charge is -2.37. The van der Waals surface area contributed by atoms with Gasteiger partial charge in [-0.2, -0.15) is 0 Å². The van der Waals surface area contributed by atoms with Gasteiger partial charge < -0.3 is 9.47 Å². The number of imidazole rings is 1. The van der Waals surface area contributed by atoms with E-state index in [-0.39, 0.29) is 11.7 Å². The highest BCUT2D eigenvalue weighted by molar-refractivity contribution is 5.78. The molecule has 0 bridgehead atoms. The summed E-state index contributed by atoms with van der Waals surface area (Å²) in [5, 5.41) is 0. The van der Waals surface area contributed by atoms with E-state index in [4.69, 9.17) is 0 Å². The van der Waals surface area contributed by atoms with Gasteiger partial charge in [-0.25, -0.2) is 9.37 Å². The maximum Gasteiger partial charge on any atom is 0.222 e. The lowest BCUT2D eigenvalue weighted by Crippen LogP contribution is -2.44. The monoisotopic (exact) mass is 417 g/mol. The number of rotatable bonds is 5. The average Bonchev–Trinajstić information content (AvgIpc) is 3.39. The smallest absolute Gasteiger partial charge is 0.222 e. The second kappa shape index (κ2) is 7.95. The van der Waals surface area contributed by atoms with Gasteiger partial charge in [-0.05, 0) is 55.4 Å². The van der Waals surface area contributed by atoms with Crippen LogP contribution in [0.2, 0.25) is 0 Å². The van der Waals surface area contributed by atoms with Crippen molar-refractivity contribution in [1.29, 1.82) is 0 Å². The molecule has 2 aliphatic rings. The first kappa shape index (κ1) is 20.0. The molecule has 4 nitrogen and oxygen atoms in total. The Morgan fingerprint density at radius 1 is 1.16 bits per heavy atom. The normalized spacial score (nSPS) is 22.3. The van der Waals surface area contributed by atoms with Crippen LogP contribution in [0.3, 0.4) is 0 Å². The Morgan fingerprint density at radius 2 is 1.97 bits per heavy atom. The summed E-state index contributed by atoms with van der Waals surface area (Å²) < 4.78 is 16.0. The number of carbonyl (C=O) groups is 1. The Bertz CT molecular complexity index is 1090. The minimum absolute atomic E-state index is 0.221. The fourth-order valence-electron chi connectivity index (χ4n) is 5.58. The molecule has 5 heteroatoms. The summed E-state index contributed by atoms with van der Waals surface area (Å²) in [6.07, 6.45) is 9.24. The molecule has 5 rings (SSSR count). The maximum atomic E-state index is 13.8. The molecule has 0 N–H and O–H groups in total. The summed E-state index contributed by atoms with van der Waals surface area (Å²) in [6.45, 7) is 3.02. The van der Waals surface area contributed by atoms with Gasteiger partial charge in [-0.1, -0.05) is 43.3 Å². The van der Waals surface area contributed by atoms with Crippen LogP contribution in [0.5, 0.6) is 0 Å². The Balaban J connectivity index is 1.56. The lowest BCUT2D eigenvalue weighted by atomic mass is 9.79. The molecule has 1 fully saturated rings. The number of carbonyl (C=O) groups excluding carboxylic acids is 1. The van der Waals surface area contributed by atoms with E-state index >= 15 is 0 Å². The standard InChI is InChI=1S/C26H28FN3O/c1-2-21-7-5-6-17-29(21)24(31)14-15-26(19-10-12-20(27)13-11-19)23-9-4-3-8-22(23)25-28-16-18-30(25)26/h3-4,8-13,16,18,21H,2,5-7,14-15,17H2,1H3. The van der Waals surface area contributed by atoms with E-state index in [0.29, 0.717) is 18.9 Å². The van der Waals surface area contributed by atoms with Gasteiger partial charge in [-0.15, -0.1) is 0 Å². The van der Waals surface area contributed by atoms with Crippen LogP contribution in [-0.4, -0.2) is 32.9 Å². The van der Waals surface area contributed by atoms with Crippen LogP contribution in [0.1, 0.15) is 56.6 Å². The number of amides is 1. The molecule has 1 aromatic heterocycles. The van der Waals surface area contributed by atoms with Gasteiger partial charge in [0.2, 0.25) is 5.91 Å². The molecule has 0 aliphatic carbocycles. The number of hydrogen-bond donors (Lipinski definition) is 0. The average molecular weight is 418 g/mol. The van der Waals surface area contributed by atoms with Crippen LogP contribution in [0, 0.1) is 5.82 Å². The Morgan fingerprint density at radius 3 is 2.77 bits per heavy atom. The first-order valence-corrected chi connectivity index (χ1v) is 11.3. The number of halogens is 1. The third-order valence-corrected chi connectivity index (χ3v) is 7.11. The number of aromatic nitrogens is 2. The van der Waals surface area contributed by atoms with Crippen molar-refractivity contribution < 1.29 is 9.18 Å². The molecule has 2 aromatic carbocycles. The zero-order valence-corrected chi connectivity index (χ0v) is 17.9. The molecule has 1 amide bonds. The van der Waals surface area contributed by atoms with Gasteiger partial charge in [0.05, 0.1) is 5.54 Å². The molecule has 2 aliphatic heterocycles. The summed E-state index contributed by atoms with van der Waals surface area (Å²) in [4.78, 5) is 20.1. The lowest BCUT2D eigenvalue weighted by molar-refractivity contribution is -0.135. The van der Waals surface area contributed by atoms with E-state index < -0.39 is 5.54 Å². The van der Waals surface area contributed by atoms with Gasteiger partial charge in [0, 0.05) is 37.0 Å². The zero-order chi connectivity index (χ0) is 21.4. The van der Waals surface area contributed by atoms with Gasteiger partial charge in [0.1, 0.15) is 11.6 Å². The van der Waals surface area contributed by atoms with Crippen molar-refractivity contribution >= 4 is 5.91 Å². The van der Waals surface area contributed by atoms with Crippen LogP contribution in [0.25, 0.3) is 11.4 Å². The van der Waals surface area contributed by atoms with Crippen molar-refractivity contribution in [3.63, 3.8) is 0 Å². The van der Waals surface area contributed by atoms with E-state index in [1.54, 1.807) is 0 Å². The second-order valence-corrected chi connectivity index (χ2v) is 8.68. The topological polar surface area (TPSA) is 38.1 Å². The van der Waals surface area contributed by atoms with E-state index in [2.05, 4.69) is 33.5 Å². The van der Waals surface area contributed by atoms with Crippen LogP contribution < -0.4 is 0 Å². The maximum absolute atomic E-state index is 13.8. The molecule has 0 spiro atoms. The molecule has 0 radical (unpaired) electrons. The SMILES string of the molecule is CCC1CCCCN1C(=O)CCC1(c2ccc(F)cc2)c2ccccc2-c2nccn21. The number of nitrogens with zero attached hydrogens (tertiary/aromatic N) is 3. The van der Waals surface area contributed by atoms with Crippen molar-refractivity contribution in [2.24, 2.45) is 0 Å². The molecular weight excluding hydrogens is 389 g/mol. The Labute approximate surface area is 182 Å². The number of piperidine rings is 1. The van der Waals surface area contributed by atoms with Crippen molar-refractivity contribution in [3.05, 3.63) is 77.9 Å². The second-order valence-electron chi connectivity index (χ2n) is 8.68. The van der Waals surface area contributed by atoms with Gasteiger partial charge in [-0.3, -0.25) is 4.79 Å². The summed E-state index contributed by atoms with van der Waals surface area (Å²) in [5.41, 5.74) is 2.62. The highest BCUT2D eigenvalue weighted by Crippen LogP contribution is 2.49. The Hall–Kier alpha value is -2.95. The van der Waals surface area contributed by atoms with Crippen molar-refractivity contribution in [2.45, 2.75) is 57.0 Å². The third kappa shape index (κ3) is 3.18. The van der Waals surface area contributed by atoms with Crippen LogP contribution in [-0.2, 0) is 10.3 Å². The van der Waals surface area contributed by atoms with Crippen LogP contribution in [0.15, 0.2) is 60.9 Å². The third-order valence-electron chi connectivity index (χ3n) is 7.11. The van der Waals surface area contributed by atoms with E-state index in [0.717, 1.165) is 48.3 Å². The van der Waals surface area contributed by atoms with E-state index in [1.807, 2.05) is 36.7 Å². The summed E-state index contributed by atoms with van der Waals surface area (Å²) in [5.74, 6) is 0.863. The van der Waals surface area contributed by atoms with Crippen molar-refractivity contribution in [3.8, 4) is 11.4 Å². The first-order chi connectivity index (χ1) is 15.1. The molecule has 31 heavy (non-hydrogen) atoms. The van der Waals surface area contributed by atoms with Gasteiger partial charge in [0.25, 0.3) is 0 Å². The summed E-state index contributed by atoms with van der Waals surface area (Å²) in [6, 6.07) is 15.3. The van der Waals surface area contributed by atoms with Crippen LogP contribution >= 0.6 is 0 Å². The van der Waals surface area contributed by atoms with E-state index in [9.17, 15) is 9.18 Å². The fourth-order valence-corrected chi connectivity index (χ4v) is 5.58.